The first-order chi connectivity index (χ1) is 11.2. The number of benzene rings is 1. The minimum Gasteiger partial charge on any atom is -0.334 e. The molecule has 0 aliphatic carbocycles. The predicted octanol–water partition coefficient (Wildman–Crippen LogP) is 5.64. The van der Waals surface area contributed by atoms with Crippen LogP contribution in [0.5, 0.6) is 0 Å². The summed E-state index contributed by atoms with van der Waals surface area (Å²) in [7, 11) is 0. The molecule has 0 radical (unpaired) electrons. The molecule has 0 bridgehead atoms. The van der Waals surface area contributed by atoms with Crippen LogP contribution in [0.3, 0.4) is 0 Å². The van der Waals surface area contributed by atoms with Gasteiger partial charge in [0.2, 0.25) is 0 Å². The maximum Gasteiger partial charge on any atom is 0.255 e. The van der Waals surface area contributed by atoms with E-state index in [1.165, 1.54) is 11.3 Å². The molecular weight excluding hydrogens is 386 g/mol. The summed E-state index contributed by atoms with van der Waals surface area (Å²) in [6, 6.07) is 9.78. The van der Waals surface area contributed by atoms with Crippen molar-refractivity contribution in [2.75, 3.05) is 0 Å². The highest BCUT2D eigenvalue weighted by Crippen LogP contribution is 2.32. The summed E-state index contributed by atoms with van der Waals surface area (Å²) in [6.45, 7) is 9.65. The number of Topliss-reactive ketones (excluding diaryl/α,β-unsaturated/α-hetero) is 1. The van der Waals surface area contributed by atoms with Crippen LogP contribution in [0.15, 0.2) is 34.8 Å². The highest BCUT2D eigenvalue weighted by Gasteiger charge is 2.23. The predicted molar refractivity (Wildman–Crippen MR) is 104 cm³/mol. The van der Waals surface area contributed by atoms with Crippen molar-refractivity contribution in [1.82, 2.24) is 4.90 Å². The van der Waals surface area contributed by atoms with Gasteiger partial charge in [0.15, 0.2) is 5.78 Å². The fourth-order valence-electron chi connectivity index (χ4n) is 2.73. The average Bonchev–Trinajstić information content (AvgIpc) is 2.96. The van der Waals surface area contributed by atoms with Crippen molar-refractivity contribution in [1.29, 1.82) is 0 Å². The minimum absolute atomic E-state index is 0.0112. The molecule has 0 aliphatic rings. The van der Waals surface area contributed by atoms with Crippen molar-refractivity contribution in [2.45, 2.75) is 46.7 Å². The number of hydrogen-bond donors (Lipinski definition) is 0. The van der Waals surface area contributed by atoms with Gasteiger partial charge < -0.3 is 4.90 Å². The third kappa shape index (κ3) is 3.95. The fraction of sp³-hybridized carbons (Fsp3) is 0.368. The van der Waals surface area contributed by atoms with E-state index in [-0.39, 0.29) is 23.8 Å². The number of rotatable bonds is 5. The maximum atomic E-state index is 13.0. The van der Waals surface area contributed by atoms with Crippen LogP contribution in [0.4, 0.5) is 0 Å². The summed E-state index contributed by atoms with van der Waals surface area (Å²) in [6.07, 6.45) is 0. The van der Waals surface area contributed by atoms with Crippen molar-refractivity contribution in [3.05, 3.63) is 45.2 Å². The zero-order chi connectivity index (χ0) is 18.0. The lowest BCUT2D eigenvalue weighted by molar-refractivity contribution is 0.0642. The van der Waals surface area contributed by atoms with Crippen LogP contribution in [0.2, 0.25) is 0 Å². The Labute approximate surface area is 155 Å². The number of thiophene rings is 1. The highest BCUT2D eigenvalue weighted by atomic mass is 79.9. The Hall–Kier alpha value is -1.46. The first-order valence-electron chi connectivity index (χ1n) is 7.95. The lowest BCUT2D eigenvalue weighted by Crippen LogP contribution is -2.42. The number of nitrogens with zero attached hydrogens (tertiary/aromatic N) is 1. The molecule has 1 heterocycles. The molecule has 1 amide bonds. The Morgan fingerprint density at radius 1 is 1.04 bits per heavy atom. The van der Waals surface area contributed by atoms with E-state index in [2.05, 4.69) is 15.9 Å². The van der Waals surface area contributed by atoms with Gasteiger partial charge in [0.25, 0.3) is 5.91 Å². The lowest BCUT2D eigenvalue weighted by atomic mass is 10.1. The van der Waals surface area contributed by atoms with E-state index in [1.807, 2.05) is 62.9 Å². The molecule has 128 valence electrons. The maximum absolute atomic E-state index is 13.0. The molecule has 1 aromatic heterocycles. The first kappa shape index (κ1) is 18.9. The van der Waals surface area contributed by atoms with E-state index in [0.29, 0.717) is 5.56 Å². The summed E-state index contributed by atoms with van der Waals surface area (Å²) in [5, 5.41) is 0. The summed E-state index contributed by atoms with van der Waals surface area (Å²) in [4.78, 5) is 28.1. The van der Waals surface area contributed by atoms with E-state index in [4.69, 9.17) is 0 Å². The normalized spacial score (nSPS) is 11.2. The SMILES string of the molecule is CC(=O)c1ccc(-c2ccc(Br)c(C(=O)N(C(C)C)C(C)C)c2)s1. The Bertz CT molecular complexity index is 756. The second-order valence-electron chi connectivity index (χ2n) is 6.31. The van der Waals surface area contributed by atoms with Crippen LogP contribution in [0, 0.1) is 0 Å². The Morgan fingerprint density at radius 3 is 2.17 bits per heavy atom. The van der Waals surface area contributed by atoms with Gasteiger partial charge in [-0.25, -0.2) is 0 Å². The van der Waals surface area contributed by atoms with E-state index in [1.54, 1.807) is 6.92 Å². The van der Waals surface area contributed by atoms with Crippen LogP contribution in [-0.2, 0) is 0 Å². The number of hydrogen-bond acceptors (Lipinski definition) is 3. The number of carbonyl (C=O) groups is 2. The number of carbonyl (C=O) groups excluding carboxylic acids is 2. The number of halogens is 1. The third-order valence-electron chi connectivity index (χ3n) is 3.78. The Morgan fingerprint density at radius 2 is 1.67 bits per heavy atom. The topological polar surface area (TPSA) is 37.4 Å². The molecule has 0 aliphatic heterocycles. The van der Waals surface area contributed by atoms with Crippen LogP contribution in [0.25, 0.3) is 10.4 Å². The third-order valence-corrected chi connectivity index (χ3v) is 5.71. The van der Waals surface area contributed by atoms with Crippen LogP contribution in [0.1, 0.15) is 54.6 Å². The monoisotopic (exact) mass is 407 g/mol. The summed E-state index contributed by atoms with van der Waals surface area (Å²) in [5.41, 5.74) is 1.60. The van der Waals surface area contributed by atoms with Crippen molar-refractivity contribution >= 4 is 39.0 Å². The van der Waals surface area contributed by atoms with E-state index < -0.39 is 0 Å². The molecule has 0 N–H and O–H groups in total. The van der Waals surface area contributed by atoms with E-state index >= 15 is 0 Å². The molecule has 24 heavy (non-hydrogen) atoms. The molecule has 0 atom stereocenters. The molecule has 2 rings (SSSR count). The summed E-state index contributed by atoms with van der Waals surface area (Å²) >= 11 is 4.95. The zero-order valence-corrected chi connectivity index (χ0v) is 17.0. The molecule has 5 heteroatoms. The molecule has 0 fully saturated rings. The first-order valence-corrected chi connectivity index (χ1v) is 9.56. The standard InChI is InChI=1S/C19H22BrNO2S/c1-11(2)21(12(3)4)19(23)15-10-14(6-7-16(15)20)18-9-8-17(24-18)13(5)22/h6-12H,1-5H3. The smallest absolute Gasteiger partial charge is 0.255 e. The average molecular weight is 408 g/mol. The van der Waals surface area contributed by atoms with E-state index in [9.17, 15) is 9.59 Å². The fourth-order valence-corrected chi connectivity index (χ4v) is 4.04. The quantitative estimate of drug-likeness (QED) is 0.601. The van der Waals surface area contributed by atoms with Crippen LogP contribution < -0.4 is 0 Å². The van der Waals surface area contributed by atoms with Crippen molar-refractivity contribution < 1.29 is 9.59 Å². The van der Waals surface area contributed by atoms with Crippen LogP contribution >= 0.6 is 27.3 Å². The van der Waals surface area contributed by atoms with Crippen molar-refractivity contribution in [3.8, 4) is 10.4 Å². The number of amides is 1. The molecular formula is C19H22BrNO2S. The van der Waals surface area contributed by atoms with Crippen LogP contribution in [-0.4, -0.2) is 28.7 Å². The molecule has 0 saturated heterocycles. The largest absolute Gasteiger partial charge is 0.334 e. The van der Waals surface area contributed by atoms with Gasteiger partial charge >= 0.3 is 0 Å². The van der Waals surface area contributed by atoms with Gasteiger partial charge in [-0.2, -0.15) is 0 Å². The van der Waals surface area contributed by atoms with Gasteiger partial charge in [0.1, 0.15) is 0 Å². The van der Waals surface area contributed by atoms with Gasteiger partial charge in [-0.1, -0.05) is 6.07 Å². The summed E-state index contributed by atoms with van der Waals surface area (Å²) < 4.78 is 0.783. The second kappa shape index (κ2) is 7.62. The number of ketones is 1. The summed E-state index contributed by atoms with van der Waals surface area (Å²) in [5.74, 6) is 0.0718. The zero-order valence-electron chi connectivity index (χ0n) is 14.6. The minimum atomic E-state index is 0.0112. The molecule has 2 aromatic rings. The van der Waals surface area contributed by atoms with Crippen molar-refractivity contribution in [2.24, 2.45) is 0 Å². The van der Waals surface area contributed by atoms with Gasteiger partial charge in [-0.15, -0.1) is 11.3 Å². The van der Waals surface area contributed by atoms with Gasteiger partial charge in [0, 0.05) is 21.4 Å². The highest BCUT2D eigenvalue weighted by molar-refractivity contribution is 9.10. The molecule has 0 unspecified atom stereocenters. The Kier molecular flexibility index (Phi) is 5.99. The molecule has 3 nitrogen and oxygen atoms in total. The van der Waals surface area contributed by atoms with Gasteiger partial charge in [-0.3, -0.25) is 9.59 Å². The second-order valence-corrected chi connectivity index (χ2v) is 8.25. The lowest BCUT2D eigenvalue weighted by Gasteiger charge is -2.31. The molecule has 0 saturated carbocycles. The van der Waals surface area contributed by atoms with Crippen molar-refractivity contribution in [3.63, 3.8) is 0 Å². The van der Waals surface area contributed by atoms with Gasteiger partial charge in [0.05, 0.1) is 10.4 Å². The molecule has 1 aromatic carbocycles. The van der Waals surface area contributed by atoms with E-state index in [0.717, 1.165) is 19.8 Å². The Balaban J connectivity index is 2.44. The van der Waals surface area contributed by atoms with Gasteiger partial charge in [-0.05, 0) is 80.4 Å². The molecule has 0 spiro atoms.